The highest BCUT2D eigenvalue weighted by Crippen LogP contribution is 2.20. The third kappa shape index (κ3) is 5.96. The third-order valence-electron chi connectivity index (χ3n) is 4.63. The molecule has 0 bridgehead atoms. The topological polar surface area (TPSA) is 135 Å². The van der Waals surface area contributed by atoms with Crippen molar-refractivity contribution in [1.82, 2.24) is 10.9 Å². The zero-order valence-corrected chi connectivity index (χ0v) is 18.6. The van der Waals surface area contributed by atoms with Crippen LogP contribution >= 0.6 is 0 Å². The van der Waals surface area contributed by atoms with Gasteiger partial charge in [0.05, 0.1) is 18.8 Å². The molecule has 3 rings (SSSR count). The third-order valence-corrected chi connectivity index (χ3v) is 6.21. The van der Waals surface area contributed by atoms with Crippen LogP contribution in [0.2, 0.25) is 0 Å². The molecular weight excluding hydrogens is 436 g/mol. The predicted octanol–water partition coefficient (Wildman–Crippen LogP) is 1.83. The normalized spacial score (nSPS) is 18.1. The van der Waals surface area contributed by atoms with Crippen molar-refractivity contribution in [3.8, 4) is 5.75 Å². The minimum atomic E-state index is -3.81. The molecule has 1 fully saturated rings. The molecule has 0 aromatic heterocycles. The summed E-state index contributed by atoms with van der Waals surface area (Å²) in [5, 5.41) is 1.66. The average molecular weight is 463 g/mol. The number of amides is 1. The van der Waals surface area contributed by atoms with E-state index in [1.54, 1.807) is 49.4 Å². The fourth-order valence-electron chi connectivity index (χ4n) is 3.09. The highest BCUT2D eigenvalue weighted by atomic mass is 32.2. The Labute approximate surface area is 186 Å². The lowest BCUT2D eigenvalue weighted by Crippen LogP contribution is -2.42. The van der Waals surface area contributed by atoms with Gasteiger partial charge in [-0.1, -0.05) is 6.07 Å². The lowest BCUT2D eigenvalue weighted by Gasteiger charge is -2.14. The maximum absolute atomic E-state index is 12.7. The van der Waals surface area contributed by atoms with E-state index in [-0.39, 0.29) is 13.0 Å². The van der Waals surface area contributed by atoms with Crippen LogP contribution in [0.1, 0.15) is 30.6 Å². The van der Waals surface area contributed by atoms with Gasteiger partial charge in [0, 0.05) is 17.8 Å². The largest absolute Gasteiger partial charge is 0.494 e. The molecule has 32 heavy (non-hydrogen) atoms. The van der Waals surface area contributed by atoms with Crippen LogP contribution < -0.4 is 25.6 Å². The molecule has 1 aliphatic heterocycles. The van der Waals surface area contributed by atoms with E-state index in [9.17, 15) is 18.0 Å². The molecule has 1 aliphatic rings. The Bertz CT molecular complexity index is 1060. The first-order chi connectivity index (χ1) is 15.3. The minimum absolute atomic E-state index is 0.00969. The Kier molecular flexibility index (Phi) is 7.67. The van der Waals surface area contributed by atoms with Crippen LogP contribution in [-0.2, 0) is 19.6 Å². The number of esters is 1. The molecule has 1 saturated heterocycles. The molecule has 2 unspecified atom stereocenters. The molecule has 0 saturated carbocycles. The predicted molar refractivity (Wildman–Crippen MR) is 120 cm³/mol. The van der Waals surface area contributed by atoms with Crippen molar-refractivity contribution in [3.63, 3.8) is 0 Å². The van der Waals surface area contributed by atoms with E-state index in [1.165, 1.54) is 6.07 Å². The smallest absolute Gasteiger partial charge is 0.338 e. The summed E-state index contributed by atoms with van der Waals surface area (Å²) in [5.41, 5.74) is 6.46. The molecule has 0 radical (unpaired) electrons. The standard InChI is InChI=1S/C21H26N4O6S/c1-3-30-17-10-8-15(9-11-17)25-32(28,29)19-13-18(23-24-19)20(26)22-16-7-5-6-14(12-16)21(27)31-4-2/h5-12,18-19,23-25H,3-4,13H2,1-2H3,(H,22,26). The monoisotopic (exact) mass is 462 g/mol. The van der Waals surface area contributed by atoms with Crippen LogP contribution in [0, 0.1) is 0 Å². The zero-order valence-electron chi connectivity index (χ0n) is 17.8. The summed E-state index contributed by atoms with van der Waals surface area (Å²) in [6, 6.07) is 12.1. The van der Waals surface area contributed by atoms with Gasteiger partial charge in [-0.3, -0.25) is 9.52 Å². The molecule has 2 aromatic carbocycles. The van der Waals surface area contributed by atoms with Crippen molar-refractivity contribution in [2.75, 3.05) is 23.3 Å². The number of ether oxygens (including phenoxy) is 2. The molecule has 11 heteroatoms. The summed E-state index contributed by atoms with van der Waals surface area (Å²) in [6.45, 7) is 4.32. The Morgan fingerprint density at radius 3 is 2.47 bits per heavy atom. The first-order valence-corrected chi connectivity index (χ1v) is 11.7. The Morgan fingerprint density at radius 2 is 1.78 bits per heavy atom. The average Bonchev–Trinajstić information content (AvgIpc) is 3.27. The van der Waals surface area contributed by atoms with Gasteiger partial charge in [0.15, 0.2) is 0 Å². The van der Waals surface area contributed by atoms with Crippen molar-refractivity contribution in [2.24, 2.45) is 0 Å². The van der Waals surface area contributed by atoms with Gasteiger partial charge in [-0.15, -0.1) is 0 Å². The second kappa shape index (κ2) is 10.4. The van der Waals surface area contributed by atoms with Crippen LogP contribution in [0.3, 0.4) is 0 Å². The van der Waals surface area contributed by atoms with E-state index in [0.717, 1.165) is 0 Å². The van der Waals surface area contributed by atoms with Crippen LogP contribution in [0.15, 0.2) is 48.5 Å². The number of anilines is 2. The minimum Gasteiger partial charge on any atom is -0.494 e. The van der Waals surface area contributed by atoms with Crippen LogP contribution in [0.5, 0.6) is 5.75 Å². The van der Waals surface area contributed by atoms with Crippen molar-refractivity contribution in [2.45, 2.75) is 31.7 Å². The molecule has 0 aliphatic carbocycles. The summed E-state index contributed by atoms with van der Waals surface area (Å²) in [5.74, 6) is -0.284. The number of rotatable bonds is 9. The molecule has 2 aromatic rings. The van der Waals surface area contributed by atoms with E-state index < -0.39 is 33.3 Å². The van der Waals surface area contributed by atoms with Crippen molar-refractivity contribution in [1.29, 1.82) is 0 Å². The number of hydrazine groups is 1. The van der Waals surface area contributed by atoms with Crippen molar-refractivity contribution >= 4 is 33.3 Å². The van der Waals surface area contributed by atoms with Gasteiger partial charge in [0.2, 0.25) is 15.9 Å². The van der Waals surface area contributed by atoms with Gasteiger partial charge in [-0.05, 0) is 56.3 Å². The van der Waals surface area contributed by atoms with Gasteiger partial charge in [-0.2, -0.15) is 0 Å². The molecule has 0 spiro atoms. The fourth-order valence-corrected chi connectivity index (χ4v) is 4.37. The Balaban J connectivity index is 1.59. The second-order valence-electron chi connectivity index (χ2n) is 6.96. The highest BCUT2D eigenvalue weighted by Gasteiger charge is 2.37. The molecule has 2 atom stereocenters. The van der Waals surface area contributed by atoms with Crippen LogP contribution in [0.25, 0.3) is 0 Å². The Morgan fingerprint density at radius 1 is 1.03 bits per heavy atom. The Hall–Kier alpha value is -3.15. The second-order valence-corrected chi connectivity index (χ2v) is 8.82. The number of carbonyl (C=O) groups excluding carboxylic acids is 2. The van der Waals surface area contributed by atoms with Crippen molar-refractivity contribution < 1.29 is 27.5 Å². The lowest BCUT2D eigenvalue weighted by atomic mass is 10.2. The summed E-state index contributed by atoms with van der Waals surface area (Å²) >= 11 is 0. The molecule has 172 valence electrons. The van der Waals surface area contributed by atoms with E-state index in [1.807, 2.05) is 6.92 Å². The number of hydrogen-bond donors (Lipinski definition) is 4. The van der Waals surface area contributed by atoms with Gasteiger partial charge in [0.25, 0.3) is 0 Å². The summed E-state index contributed by atoms with van der Waals surface area (Å²) in [4.78, 5) is 24.4. The summed E-state index contributed by atoms with van der Waals surface area (Å²) < 4.78 is 38.2. The zero-order chi connectivity index (χ0) is 23.1. The maximum Gasteiger partial charge on any atom is 0.338 e. The summed E-state index contributed by atoms with van der Waals surface area (Å²) in [7, 11) is -3.81. The molecule has 10 nitrogen and oxygen atoms in total. The van der Waals surface area contributed by atoms with Gasteiger partial charge in [-0.25, -0.2) is 24.1 Å². The van der Waals surface area contributed by atoms with E-state index in [4.69, 9.17) is 9.47 Å². The van der Waals surface area contributed by atoms with Crippen LogP contribution in [0.4, 0.5) is 11.4 Å². The number of nitrogens with one attached hydrogen (secondary N) is 4. The summed E-state index contributed by atoms with van der Waals surface area (Å²) in [6.07, 6.45) is 0.00969. The number of carbonyl (C=O) groups is 2. The van der Waals surface area contributed by atoms with Gasteiger partial charge < -0.3 is 14.8 Å². The highest BCUT2D eigenvalue weighted by molar-refractivity contribution is 7.93. The first-order valence-electron chi connectivity index (χ1n) is 10.2. The SMILES string of the molecule is CCOC(=O)c1cccc(NC(=O)C2CC(S(=O)(=O)Nc3ccc(OCC)cc3)NN2)c1. The van der Waals surface area contributed by atoms with Gasteiger partial charge >= 0.3 is 5.97 Å². The van der Waals surface area contributed by atoms with Gasteiger partial charge in [0.1, 0.15) is 17.2 Å². The van der Waals surface area contributed by atoms with E-state index in [2.05, 4.69) is 20.9 Å². The van der Waals surface area contributed by atoms with Crippen molar-refractivity contribution in [3.05, 3.63) is 54.1 Å². The van der Waals surface area contributed by atoms with E-state index in [0.29, 0.717) is 29.3 Å². The number of benzene rings is 2. The van der Waals surface area contributed by atoms with E-state index >= 15 is 0 Å². The number of hydrogen-bond acceptors (Lipinski definition) is 8. The number of sulfonamides is 1. The van der Waals surface area contributed by atoms with Crippen LogP contribution in [-0.4, -0.2) is 44.9 Å². The first kappa shape index (κ1) is 23.5. The molecule has 1 heterocycles. The lowest BCUT2D eigenvalue weighted by molar-refractivity contribution is -0.117. The molecular formula is C21H26N4O6S. The fraction of sp³-hybridized carbons (Fsp3) is 0.333. The quantitative estimate of drug-likeness (QED) is 0.415. The molecule has 1 amide bonds. The maximum atomic E-state index is 12.7. The molecule has 4 N–H and O–H groups in total.